The number of carbonyl (C=O) groups excluding carboxylic acids is 2. The molecule has 39 heavy (non-hydrogen) atoms. The van der Waals surface area contributed by atoms with Gasteiger partial charge in [-0.05, 0) is 64.2 Å². The van der Waals surface area contributed by atoms with Crippen LogP contribution in [-0.4, -0.2) is 48.5 Å². The Morgan fingerprint density at radius 1 is 0.872 bits per heavy atom. The molecule has 5 heteroatoms. The van der Waals surface area contributed by atoms with E-state index in [9.17, 15) is 9.59 Å². The van der Waals surface area contributed by atoms with E-state index in [0.29, 0.717) is 10.9 Å². The number of aromatic nitrogens is 1. The fourth-order valence-corrected chi connectivity index (χ4v) is 5.65. The lowest BCUT2D eigenvalue weighted by atomic mass is 10.1. The zero-order valence-electron chi connectivity index (χ0n) is 25.5. The van der Waals surface area contributed by atoms with E-state index < -0.39 is 0 Å². The SMILES string of the molecule is CCCCN(C)C(=O)CCCCCCC[N+](C)(C(C)=O)c1c(C)n(Cc2ccc(C)cc2)c2ccc(C)cc12. The van der Waals surface area contributed by atoms with Crippen molar-refractivity contribution in [3.05, 3.63) is 64.8 Å². The highest BCUT2D eigenvalue weighted by Gasteiger charge is 2.36. The second-order valence-electron chi connectivity index (χ2n) is 11.6. The van der Waals surface area contributed by atoms with Gasteiger partial charge in [0, 0.05) is 26.6 Å². The minimum atomic E-state index is 0.176. The molecule has 1 atom stereocenters. The summed E-state index contributed by atoms with van der Waals surface area (Å²) in [5, 5.41) is 1.18. The fraction of sp³-hybridized carbons (Fsp3) is 0.529. The van der Waals surface area contributed by atoms with Crippen molar-refractivity contribution >= 4 is 28.4 Å². The first-order valence-electron chi connectivity index (χ1n) is 14.8. The number of aryl methyl sites for hydroxylation is 2. The summed E-state index contributed by atoms with van der Waals surface area (Å²) in [6.07, 6.45) is 7.97. The molecular weight excluding hydrogens is 482 g/mol. The summed E-state index contributed by atoms with van der Waals surface area (Å²) in [7, 11) is 4.01. The molecule has 0 bridgehead atoms. The number of amides is 2. The first kappa shape index (κ1) is 30.6. The van der Waals surface area contributed by atoms with Crippen molar-refractivity contribution in [2.24, 2.45) is 0 Å². The summed E-state index contributed by atoms with van der Waals surface area (Å²) in [5.41, 5.74) is 7.22. The zero-order chi connectivity index (χ0) is 28.6. The molecule has 0 spiro atoms. The molecule has 2 amide bonds. The Morgan fingerprint density at radius 2 is 1.51 bits per heavy atom. The maximum absolute atomic E-state index is 13.3. The summed E-state index contributed by atoms with van der Waals surface area (Å²) in [5.74, 6) is 0.437. The van der Waals surface area contributed by atoms with Crippen molar-refractivity contribution in [3.8, 4) is 0 Å². The van der Waals surface area contributed by atoms with Gasteiger partial charge in [-0.3, -0.25) is 4.79 Å². The van der Waals surface area contributed by atoms with E-state index in [-0.39, 0.29) is 11.8 Å². The molecule has 0 aliphatic heterocycles. The summed E-state index contributed by atoms with van der Waals surface area (Å²) in [4.78, 5) is 27.4. The van der Waals surface area contributed by atoms with Crippen LogP contribution in [0.5, 0.6) is 0 Å². The van der Waals surface area contributed by atoms with E-state index in [1.54, 1.807) is 6.92 Å². The van der Waals surface area contributed by atoms with Gasteiger partial charge < -0.3 is 9.47 Å². The molecule has 0 fully saturated rings. The second-order valence-corrected chi connectivity index (χ2v) is 11.6. The average Bonchev–Trinajstić information content (AvgIpc) is 3.17. The van der Waals surface area contributed by atoms with Gasteiger partial charge in [-0.15, -0.1) is 0 Å². The Morgan fingerprint density at radius 3 is 2.18 bits per heavy atom. The molecule has 1 heterocycles. The molecule has 5 nitrogen and oxygen atoms in total. The van der Waals surface area contributed by atoms with E-state index in [4.69, 9.17) is 0 Å². The highest BCUT2D eigenvalue weighted by Crippen LogP contribution is 2.38. The molecule has 2 aromatic carbocycles. The maximum Gasteiger partial charge on any atom is 0.315 e. The highest BCUT2D eigenvalue weighted by molar-refractivity contribution is 6.01. The molecule has 3 rings (SSSR count). The average molecular weight is 533 g/mol. The van der Waals surface area contributed by atoms with Gasteiger partial charge in [0.05, 0.1) is 37.1 Å². The fourth-order valence-electron chi connectivity index (χ4n) is 5.65. The number of unbranched alkanes of at least 4 members (excludes halogenated alkanes) is 5. The molecular formula is C34H50N3O2+. The van der Waals surface area contributed by atoms with Crippen LogP contribution < -0.4 is 4.48 Å². The largest absolute Gasteiger partial charge is 0.346 e. The minimum absolute atomic E-state index is 0.176. The molecule has 0 aliphatic rings. The third kappa shape index (κ3) is 7.60. The number of rotatable bonds is 14. The number of carbonyl (C=O) groups is 2. The Kier molecular flexibility index (Phi) is 10.9. The molecule has 0 aliphatic carbocycles. The monoisotopic (exact) mass is 532 g/mol. The van der Waals surface area contributed by atoms with Crippen molar-refractivity contribution in [1.29, 1.82) is 0 Å². The number of quaternary nitrogens is 1. The Balaban J connectivity index is 1.71. The van der Waals surface area contributed by atoms with Gasteiger partial charge in [-0.1, -0.05) is 67.6 Å². The van der Waals surface area contributed by atoms with Crippen LogP contribution in [0.3, 0.4) is 0 Å². The van der Waals surface area contributed by atoms with Gasteiger partial charge in [0.25, 0.3) is 0 Å². The minimum Gasteiger partial charge on any atom is -0.346 e. The van der Waals surface area contributed by atoms with Crippen LogP contribution in [0.15, 0.2) is 42.5 Å². The number of hydrogen-bond acceptors (Lipinski definition) is 2. The Hall–Kier alpha value is -2.92. The van der Waals surface area contributed by atoms with E-state index in [0.717, 1.165) is 70.3 Å². The van der Waals surface area contributed by atoms with E-state index >= 15 is 0 Å². The van der Waals surface area contributed by atoms with E-state index in [2.05, 4.69) is 81.8 Å². The van der Waals surface area contributed by atoms with Crippen LogP contribution in [0, 0.1) is 20.8 Å². The van der Waals surface area contributed by atoms with Crippen LogP contribution in [0.4, 0.5) is 5.69 Å². The van der Waals surface area contributed by atoms with Crippen LogP contribution >= 0.6 is 0 Å². The smallest absolute Gasteiger partial charge is 0.315 e. The van der Waals surface area contributed by atoms with Gasteiger partial charge in [0.2, 0.25) is 5.91 Å². The third-order valence-corrected chi connectivity index (χ3v) is 8.36. The summed E-state index contributed by atoms with van der Waals surface area (Å²) in [6, 6.07) is 15.4. The summed E-state index contributed by atoms with van der Waals surface area (Å²) in [6.45, 7) is 12.7. The van der Waals surface area contributed by atoms with E-state index in [1.807, 2.05) is 11.9 Å². The second kappa shape index (κ2) is 13.9. The molecule has 1 unspecified atom stereocenters. The van der Waals surface area contributed by atoms with Crippen LogP contribution in [0.1, 0.15) is 87.6 Å². The van der Waals surface area contributed by atoms with E-state index in [1.165, 1.54) is 33.3 Å². The maximum atomic E-state index is 13.3. The van der Waals surface area contributed by atoms with Crippen LogP contribution in [0.2, 0.25) is 0 Å². The normalized spacial score (nSPS) is 13.0. The van der Waals surface area contributed by atoms with Crippen LogP contribution in [-0.2, 0) is 16.1 Å². The first-order valence-corrected chi connectivity index (χ1v) is 14.8. The lowest BCUT2D eigenvalue weighted by molar-refractivity contribution is -0.130. The van der Waals surface area contributed by atoms with Gasteiger partial charge in [0.15, 0.2) is 5.69 Å². The molecule has 212 valence electrons. The van der Waals surface area contributed by atoms with Crippen molar-refractivity contribution in [2.75, 3.05) is 27.2 Å². The topological polar surface area (TPSA) is 42.3 Å². The van der Waals surface area contributed by atoms with Crippen molar-refractivity contribution in [2.45, 2.75) is 92.5 Å². The number of hydrogen-bond donors (Lipinski definition) is 0. The lowest BCUT2D eigenvalue weighted by Gasteiger charge is -2.31. The highest BCUT2D eigenvalue weighted by atomic mass is 16.2. The lowest BCUT2D eigenvalue weighted by Crippen LogP contribution is -2.50. The third-order valence-electron chi connectivity index (χ3n) is 8.36. The molecule has 0 radical (unpaired) electrons. The van der Waals surface area contributed by atoms with Gasteiger partial charge in [-0.2, -0.15) is 0 Å². The number of fused-ring (bicyclic) bond motifs is 1. The molecule has 3 aromatic rings. The Labute approximate surface area is 236 Å². The van der Waals surface area contributed by atoms with Crippen molar-refractivity contribution in [1.82, 2.24) is 14.0 Å². The predicted molar refractivity (Wildman–Crippen MR) is 165 cm³/mol. The molecule has 0 saturated carbocycles. The van der Waals surface area contributed by atoms with Gasteiger partial charge >= 0.3 is 5.91 Å². The molecule has 1 aromatic heterocycles. The van der Waals surface area contributed by atoms with Crippen LogP contribution in [0.25, 0.3) is 10.9 Å². The zero-order valence-corrected chi connectivity index (χ0v) is 25.5. The molecule has 0 saturated heterocycles. The summed E-state index contributed by atoms with van der Waals surface area (Å²) >= 11 is 0. The predicted octanol–water partition coefficient (Wildman–Crippen LogP) is 7.70. The molecule has 0 N–H and O–H groups in total. The van der Waals surface area contributed by atoms with Crippen molar-refractivity contribution < 1.29 is 9.59 Å². The summed E-state index contributed by atoms with van der Waals surface area (Å²) < 4.78 is 2.69. The van der Waals surface area contributed by atoms with Gasteiger partial charge in [-0.25, -0.2) is 9.28 Å². The number of benzene rings is 2. The van der Waals surface area contributed by atoms with Gasteiger partial charge in [0.1, 0.15) is 0 Å². The quantitative estimate of drug-likeness (QED) is 0.158. The first-order chi connectivity index (χ1) is 18.6. The van der Waals surface area contributed by atoms with Crippen molar-refractivity contribution in [3.63, 3.8) is 0 Å². The standard InChI is InChI=1S/C34H50N3O2/c1-8-9-22-35(6)33(39)15-13-11-10-12-14-23-37(7,29(5)38)34-28(4)36(25-30-19-16-26(2)17-20-30)32-21-18-27(3)24-31(32)34/h16-21,24H,8-15,22-23,25H2,1-7H3/q+1. The Bertz CT molecular complexity index is 1260. The number of nitrogens with zero attached hydrogens (tertiary/aromatic N) is 3.